The lowest BCUT2D eigenvalue weighted by Crippen LogP contribution is -2.47. The fourth-order valence-electron chi connectivity index (χ4n) is 3.03. The molecule has 1 heterocycles. The van der Waals surface area contributed by atoms with Gasteiger partial charge in [-0.1, -0.05) is 0 Å². The van der Waals surface area contributed by atoms with Crippen LogP contribution in [0.3, 0.4) is 0 Å². The second-order valence-corrected chi connectivity index (χ2v) is 6.76. The van der Waals surface area contributed by atoms with Crippen molar-refractivity contribution in [3.63, 3.8) is 0 Å². The summed E-state index contributed by atoms with van der Waals surface area (Å²) < 4.78 is 47.3. The SMILES string of the molecule is COc1cc(N2CCN(c3ccc(Br)c(F)c3F)CC2)c(F)cc1[N+](=O)[O-]. The van der Waals surface area contributed by atoms with Gasteiger partial charge in [-0.05, 0) is 28.1 Å². The normalized spacial score (nSPS) is 14.4. The molecule has 0 unspecified atom stereocenters. The van der Waals surface area contributed by atoms with Crippen molar-refractivity contribution in [3.8, 4) is 5.75 Å². The van der Waals surface area contributed by atoms with Gasteiger partial charge >= 0.3 is 5.69 Å². The summed E-state index contributed by atoms with van der Waals surface area (Å²) in [5.74, 6) is -2.68. The Morgan fingerprint density at radius 2 is 1.63 bits per heavy atom. The molecule has 2 aromatic carbocycles. The number of ether oxygens (including phenoxy) is 1. The highest BCUT2D eigenvalue weighted by Crippen LogP contribution is 2.35. The van der Waals surface area contributed by atoms with Gasteiger partial charge < -0.3 is 14.5 Å². The lowest BCUT2D eigenvalue weighted by molar-refractivity contribution is -0.385. The highest BCUT2D eigenvalue weighted by atomic mass is 79.9. The summed E-state index contributed by atoms with van der Waals surface area (Å²) in [6.45, 7) is 1.32. The average Bonchev–Trinajstić information content (AvgIpc) is 2.66. The summed E-state index contributed by atoms with van der Waals surface area (Å²) >= 11 is 2.94. The third-order valence-corrected chi connectivity index (χ3v) is 5.03. The Morgan fingerprint density at radius 1 is 1.04 bits per heavy atom. The molecule has 144 valence electrons. The average molecular weight is 446 g/mol. The molecule has 0 N–H and O–H groups in total. The maximum atomic E-state index is 14.4. The molecule has 1 saturated heterocycles. The maximum Gasteiger partial charge on any atom is 0.313 e. The van der Waals surface area contributed by atoms with Gasteiger partial charge in [0.1, 0.15) is 0 Å². The summed E-state index contributed by atoms with van der Waals surface area (Å²) in [5.41, 5.74) is -0.151. The first kappa shape index (κ1) is 19.3. The highest BCUT2D eigenvalue weighted by Gasteiger charge is 2.26. The molecule has 2 aromatic rings. The monoisotopic (exact) mass is 445 g/mol. The fraction of sp³-hybridized carbons (Fsp3) is 0.294. The molecule has 0 aliphatic carbocycles. The molecule has 0 radical (unpaired) electrons. The third-order valence-electron chi connectivity index (χ3n) is 4.42. The zero-order valence-corrected chi connectivity index (χ0v) is 15.8. The van der Waals surface area contributed by atoms with Gasteiger partial charge in [0.05, 0.1) is 33.9 Å². The summed E-state index contributed by atoms with van der Waals surface area (Å²) in [5, 5.41) is 11.0. The van der Waals surface area contributed by atoms with Crippen LogP contribution in [0.25, 0.3) is 0 Å². The van der Waals surface area contributed by atoms with Crippen LogP contribution in [0.4, 0.5) is 30.2 Å². The first-order chi connectivity index (χ1) is 12.8. The second-order valence-electron chi connectivity index (χ2n) is 5.90. The number of hydrogen-bond acceptors (Lipinski definition) is 5. The van der Waals surface area contributed by atoms with Crippen LogP contribution in [0.1, 0.15) is 0 Å². The van der Waals surface area contributed by atoms with Gasteiger partial charge in [-0.3, -0.25) is 10.1 Å². The number of rotatable bonds is 4. The fourth-order valence-corrected chi connectivity index (χ4v) is 3.34. The van der Waals surface area contributed by atoms with E-state index in [4.69, 9.17) is 4.74 Å². The maximum absolute atomic E-state index is 14.4. The zero-order valence-electron chi connectivity index (χ0n) is 14.2. The van der Waals surface area contributed by atoms with Gasteiger partial charge in [-0.15, -0.1) is 0 Å². The van der Waals surface area contributed by atoms with E-state index in [0.717, 1.165) is 6.07 Å². The number of anilines is 2. The molecule has 10 heteroatoms. The van der Waals surface area contributed by atoms with Crippen molar-refractivity contribution in [2.45, 2.75) is 0 Å². The Bertz CT molecular complexity index is 889. The van der Waals surface area contributed by atoms with Gasteiger partial charge in [0.15, 0.2) is 23.2 Å². The lowest BCUT2D eigenvalue weighted by atomic mass is 10.2. The van der Waals surface area contributed by atoms with E-state index >= 15 is 0 Å². The van der Waals surface area contributed by atoms with Gasteiger partial charge in [0.25, 0.3) is 0 Å². The molecule has 0 spiro atoms. The molecule has 0 saturated carbocycles. The number of nitro benzene ring substituents is 1. The number of benzene rings is 2. The zero-order chi connectivity index (χ0) is 19.7. The molecule has 1 aliphatic rings. The smallest absolute Gasteiger partial charge is 0.313 e. The van der Waals surface area contributed by atoms with Crippen LogP contribution in [0, 0.1) is 27.6 Å². The van der Waals surface area contributed by atoms with Crippen molar-refractivity contribution in [2.24, 2.45) is 0 Å². The highest BCUT2D eigenvalue weighted by molar-refractivity contribution is 9.10. The van der Waals surface area contributed by atoms with Crippen molar-refractivity contribution in [2.75, 3.05) is 43.1 Å². The third kappa shape index (κ3) is 3.66. The number of halogens is 4. The molecule has 6 nitrogen and oxygen atoms in total. The Balaban J connectivity index is 1.80. The standard InChI is InChI=1S/C17H15BrF3N3O3/c1-27-15-9-13(11(19)8-14(15)24(25)26)23-6-4-22(5-7-23)12-3-2-10(18)16(20)17(12)21/h2-3,8-9H,4-7H2,1H3. The van der Waals surface area contributed by atoms with E-state index in [2.05, 4.69) is 15.9 Å². The largest absolute Gasteiger partial charge is 0.490 e. The van der Waals surface area contributed by atoms with E-state index < -0.39 is 28.1 Å². The molecule has 1 fully saturated rings. The topological polar surface area (TPSA) is 58.8 Å². The summed E-state index contributed by atoms with van der Waals surface area (Å²) in [4.78, 5) is 13.6. The number of nitrogens with zero attached hydrogens (tertiary/aromatic N) is 3. The lowest BCUT2D eigenvalue weighted by Gasteiger charge is -2.37. The minimum atomic E-state index is -0.957. The van der Waals surface area contributed by atoms with E-state index in [-0.39, 0.29) is 21.6 Å². The molecule has 0 aromatic heterocycles. The van der Waals surface area contributed by atoms with E-state index in [0.29, 0.717) is 26.2 Å². The number of hydrogen-bond donors (Lipinski definition) is 0. The Morgan fingerprint density at radius 3 is 2.19 bits per heavy atom. The van der Waals surface area contributed by atoms with Crippen molar-refractivity contribution >= 4 is 33.0 Å². The molecule has 0 atom stereocenters. The van der Waals surface area contributed by atoms with E-state index in [1.54, 1.807) is 9.80 Å². The van der Waals surface area contributed by atoms with Crippen LogP contribution in [0.15, 0.2) is 28.7 Å². The van der Waals surface area contributed by atoms with Gasteiger partial charge in [-0.2, -0.15) is 0 Å². The summed E-state index contributed by atoms with van der Waals surface area (Å²) in [6.07, 6.45) is 0. The second kappa shape index (κ2) is 7.63. The van der Waals surface area contributed by atoms with E-state index in [1.807, 2.05) is 0 Å². The Hall–Kier alpha value is -2.49. The van der Waals surface area contributed by atoms with Crippen LogP contribution in [-0.4, -0.2) is 38.2 Å². The molecular weight excluding hydrogens is 431 g/mol. The van der Waals surface area contributed by atoms with E-state index in [1.165, 1.54) is 25.3 Å². The summed E-state index contributed by atoms with van der Waals surface area (Å²) in [6, 6.07) is 5.02. The van der Waals surface area contributed by atoms with Crippen LogP contribution in [0.5, 0.6) is 5.75 Å². The van der Waals surface area contributed by atoms with Crippen molar-refractivity contribution in [1.29, 1.82) is 0 Å². The molecule has 0 bridgehead atoms. The minimum Gasteiger partial charge on any atom is -0.490 e. The number of nitro groups is 1. The van der Waals surface area contributed by atoms with Crippen LogP contribution < -0.4 is 14.5 Å². The van der Waals surface area contributed by atoms with Crippen LogP contribution in [-0.2, 0) is 0 Å². The van der Waals surface area contributed by atoms with Gasteiger partial charge in [-0.25, -0.2) is 13.2 Å². The number of piperazine rings is 1. The van der Waals surface area contributed by atoms with Gasteiger partial charge in [0.2, 0.25) is 0 Å². The molecule has 0 amide bonds. The Kier molecular flexibility index (Phi) is 5.45. The van der Waals surface area contributed by atoms with Crippen LogP contribution in [0.2, 0.25) is 0 Å². The summed E-state index contributed by atoms with van der Waals surface area (Å²) in [7, 11) is 1.27. The predicted molar refractivity (Wildman–Crippen MR) is 98.1 cm³/mol. The van der Waals surface area contributed by atoms with E-state index in [9.17, 15) is 23.3 Å². The van der Waals surface area contributed by atoms with Crippen molar-refractivity contribution in [1.82, 2.24) is 0 Å². The number of methoxy groups -OCH3 is 1. The molecule has 3 rings (SSSR count). The first-order valence-electron chi connectivity index (χ1n) is 7.98. The Labute approximate surface area is 161 Å². The predicted octanol–water partition coefficient (Wildman–Crippen LogP) is 4.11. The van der Waals surface area contributed by atoms with Gasteiger partial charge in [0, 0.05) is 32.2 Å². The molecule has 27 heavy (non-hydrogen) atoms. The van der Waals surface area contributed by atoms with Crippen molar-refractivity contribution in [3.05, 3.63) is 56.3 Å². The molecule has 1 aliphatic heterocycles. The van der Waals surface area contributed by atoms with Crippen molar-refractivity contribution < 1.29 is 22.8 Å². The minimum absolute atomic E-state index is 0.0418. The first-order valence-corrected chi connectivity index (χ1v) is 8.78. The quantitative estimate of drug-likeness (QED) is 0.402. The van der Waals surface area contributed by atoms with Crippen LogP contribution >= 0.6 is 15.9 Å². The molecular formula is C17H15BrF3N3O3.